The van der Waals surface area contributed by atoms with Crippen LogP contribution in [0.1, 0.15) is 11.1 Å². The highest BCUT2D eigenvalue weighted by molar-refractivity contribution is 5.53. The van der Waals surface area contributed by atoms with Gasteiger partial charge >= 0.3 is 0 Å². The Bertz CT molecular complexity index is 482. The molecule has 0 atom stereocenters. The Labute approximate surface area is 108 Å². The van der Waals surface area contributed by atoms with E-state index in [0.717, 1.165) is 13.1 Å². The smallest absolute Gasteiger partial charge is 0.0445 e. The average Bonchev–Trinajstić information content (AvgIpc) is 2.40. The summed E-state index contributed by atoms with van der Waals surface area (Å²) in [4.78, 5) is 6.45. The largest absolute Gasteiger partial charge is 0.366 e. The molecule has 0 saturated heterocycles. The summed E-state index contributed by atoms with van der Waals surface area (Å²) in [7, 11) is 0. The van der Waals surface area contributed by atoms with Gasteiger partial charge < -0.3 is 10.6 Å². The number of anilines is 1. The number of nitrogens with zero attached hydrogens (tertiary/aromatic N) is 2. The Kier molecular flexibility index (Phi) is 4.31. The summed E-state index contributed by atoms with van der Waals surface area (Å²) in [6.45, 7) is 4.46. The summed E-state index contributed by atoms with van der Waals surface area (Å²) in [6, 6.07) is 12.4. The SMILES string of the molecule is Cc1ccccc1N(CCN)Cc1cccnc1. The van der Waals surface area contributed by atoms with Gasteiger partial charge in [-0.1, -0.05) is 24.3 Å². The lowest BCUT2D eigenvalue weighted by atomic mass is 10.1. The number of rotatable bonds is 5. The lowest BCUT2D eigenvalue weighted by Gasteiger charge is -2.25. The van der Waals surface area contributed by atoms with E-state index in [2.05, 4.69) is 47.1 Å². The Hall–Kier alpha value is -1.87. The van der Waals surface area contributed by atoms with E-state index in [9.17, 15) is 0 Å². The molecule has 0 spiro atoms. The fourth-order valence-electron chi connectivity index (χ4n) is 2.07. The van der Waals surface area contributed by atoms with Crippen molar-refractivity contribution in [2.45, 2.75) is 13.5 Å². The van der Waals surface area contributed by atoms with Gasteiger partial charge in [0, 0.05) is 37.7 Å². The van der Waals surface area contributed by atoms with Crippen molar-refractivity contribution in [1.82, 2.24) is 4.98 Å². The van der Waals surface area contributed by atoms with E-state index in [-0.39, 0.29) is 0 Å². The van der Waals surface area contributed by atoms with Crippen LogP contribution in [0.4, 0.5) is 5.69 Å². The molecule has 2 aromatic rings. The van der Waals surface area contributed by atoms with E-state index >= 15 is 0 Å². The van der Waals surface area contributed by atoms with Crippen LogP contribution in [-0.4, -0.2) is 18.1 Å². The van der Waals surface area contributed by atoms with Gasteiger partial charge in [0.15, 0.2) is 0 Å². The molecule has 0 radical (unpaired) electrons. The van der Waals surface area contributed by atoms with E-state index < -0.39 is 0 Å². The zero-order chi connectivity index (χ0) is 12.8. The zero-order valence-electron chi connectivity index (χ0n) is 10.7. The first-order valence-electron chi connectivity index (χ1n) is 6.21. The van der Waals surface area contributed by atoms with Crippen LogP contribution in [0.2, 0.25) is 0 Å². The van der Waals surface area contributed by atoms with E-state index in [4.69, 9.17) is 5.73 Å². The Morgan fingerprint density at radius 3 is 2.67 bits per heavy atom. The number of nitrogens with two attached hydrogens (primary N) is 1. The third kappa shape index (κ3) is 3.08. The molecule has 1 heterocycles. The molecule has 1 aromatic carbocycles. The number of hydrogen-bond acceptors (Lipinski definition) is 3. The molecule has 0 aliphatic heterocycles. The Morgan fingerprint density at radius 2 is 2.00 bits per heavy atom. The molecule has 0 aliphatic carbocycles. The lowest BCUT2D eigenvalue weighted by molar-refractivity contribution is 0.784. The molecule has 0 amide bonds. The van der Waals surface area contributed by atoms with Crippen molar-refractivity contribution in [3.05, 3.63) is 59.9 Å². The maximum absolute atomic E-state index is 5.71. The predicted molar refractivity (Wildman–Crippen MR) is 75.5 cm³/mol. The minimum absolute atomic E-state index is 0.647. The van der Waals surface area contributed by atoms with Gasteiger partial charge in [-0.05, 0) is 30.2 Å². The maximum Gasteiger partial charge on any atom is 0.0445 e. The number of pyridine rings is 1. The minimum Gasteiger partial charge on any atom is -0.366 e. The van der Waals surface area contributed by atoms with Gasteiger partial charge in [-0.25, -0.2) is 0 Å². The standard InChI is InChI=1S/C15H19N3/c1-13-5-2-3-7-15(13)18(10-8-16)12-14-6-4-9-17-11-14/h2-7,9,11H,8,10,12,16H2,1H3. The van der Waals surface area contributed by atoms with Crippen molar-refractivity contribution in [1.29, 1.82) is 0 Å². The summed E-state index contributed by atoms with van der Waals surface area (Å²) in [6.07, 6.45) is 3.70. The van der Waals surface area contributed by atoms with Crippen LogP contribution in [0.5, 0.6) is 0 Å². The highest BCUT2D eigenvalue weighted by Gasteiger charge is 2.08. The summed E-state index contributed by atoms with van der Waals surface area (Å²) in [5.41, 5.74) is 9.43. The van der Waals surface area contributed by atoms with Gasteiger partial charge in [0.25, 0.3) is 0 Å². The van der Waals surface area contributed by atoms with Gasteiger partial charge in [-0.3, -0.25) is 4.98 Å². The number of hydrogen-bond donors (Lipinski definition) is 1. The van der Waals surface area contributed by atoms with Crippen molar-refractivity contribution in [2.75, 3.05) is 18.0 Å². The van der Waals surface area contributed by atoms with Crippen molar-refractivity contribution < 1.29 is 0 Å². The number of benzene rings is 1. The quantitative estimate of drug-likeness (QED) is 0.873. The number of para-hydroxylation sites is 1. The van der Waals surface area contributed by atoms with Gasteiger partial charge in [0.1, 0.15) is 0 Å². The summed E-state index contributed by atoms with van der Waals surface area (Å²) >= 11 is 0. The van der Waals surface area contributed by atoms with E-state index in [0.29, 0.717) is 6.54 Å². The molecule has 3 heteroatoms. The second kappa shape index (κ2) is 6.17. The Balaban J connectivity index is 2.21. The first-order chi connectivity index (χ1) is 8.81. The molecule has 2 N–H and O–H groups in total. The van der Waals surface area contributed by atoms with Crippen LogP contribution in [0.25, 0.3) is 0 Å². The van der Waals surface area contributed by atoms with Gasteiger partial charge in [-0.2, -0.15) is 0 Å². The highest BCUT2D eigenvalue weighted by Crippen LogP contribution is 2.20. The first kappa shape index (κ1) is 12.6. The zero-order valence-corrected chi connectivity index (χ0v) is 10.7. The minimum atomic E-state index is 0.647. The molecule has 0 saturated carbocycles. The number of aryl methyl sites for hydroxylation is 1. The molecule has 0 aliphatic rings. The van der Waals surface area contributed by atoms with Crippen LogP contribution in [0.15, 0.2) is 48.8 Å². The van der Waals surface area contributed by atoms with E-state index in [1.54, 1.807) is 6.20 Å². The van der Waals surface area contributed by atoms with Gasteiger partial charge in [0.05, 0.1) is 0 Å². The fraction of sp³-hybridized carbons (Fsp3) is 0.267. The van der Waals surface area contributed by atoms with Gasteiger partial charge in [-0.15, -0.1) is 0 Å². The summed E-state index contributed by atoms with van der Waals surface area (Å²) in [5, 5.41) is 0. The van der Waals surface area contributed by atoms with Crippen LogP contribution in [-0.2, 0) is 6.54 Å². The van der Waals surface area contributed by atoms with Crippen LogP contribution in [0.3, 0.4) is 0 Å². The second-order valence-electron chi connectivity index (χ2n) is 4.36. The van der Waals surface area contributed by atoms with Crippen LogP contribution < -0.4 is 10.6 Å². The van der Waals surface area contributed by atoms with Crippen molar-refractivity contribution in [2.24, 2.45) is 5.73 Å². The third-order valence-corrected chi connectivity index (χ3v) is 2.95. The summed E-state index contributed by atoms with van der Waals surface area (Å²) < 4.78 is 0. The Morgan fingerprint density at radius 1 is 1.17 bits per heavy atom. The molecule has 0 bridgehead atoms. The lowest BCUT2D eigenvalue weighted by Crippen LogP contribution is -2.29. The molecule has 18 heavy (non-hydrogen) atoms. The molecule has 1 aromatic heterocycles. The normalized spacial score (nSPS) is 10.3. The molecule has 0 unspecified atom stereocenters. The molecule has 94 valence electrons. The maximum atomic E-state index is 5.71. The molecular weight excluding hydrogens is 222 g/mol. The van der Waals surface area contributed by atoms with E-state index in [1.165, 1.54) is 16.8 Å². The highest BCUT2D eigenvalue weighted by atomic mass is 15.1. The predicted octanol–water partition coefficient (Wildman–Crippen LogP) is 2.36. The van der Waals surface area contributed by atoms with Crippen molar-refractivity contribution in [3.63, 3.8) is 0 Å². The van der Waals surface area contributed by atoms with Crippen molar-refractivity contribution in [3.8, 4) is 0 Å². The molecular formula is C15H19N3. The summed E-state index contributed by atoms with van der Waals surface area (Å²) in [5.74, 6) is 0. The molecule has 2 rings (SSSR count). The van der Waals surface area contributed by atoms with E-state index in [1.807, 2.05) is 12.3 Å². The van der Waals surface area contributed by atoms with Crippen LogP contribution in [0, 0.1) is 6.92 Å². The number of aromatic nitrogens is 1. The molecule has 0 fully saturated rings. The third-order valence-electron chi connectivity index (χ3n) is 2.95. The monoisotopic (exact) mass is 241 g/mol. The fourth-order valence-corrected chi connectivity index (χ4v) is 2.07. The van der Waals surface area contributed by atoms with Crippen LogP contribution >= 0.6 is 0 Å². The average molecular weight is 241 g/mol. The second-order valence-corrected chi connectivity index (χ2v) is 4.36. The van der Waals surface area contributed by atoms with Crippen molar-refractivity contribution >= 4 is 5.69 Å². The first-order valence-corrected chi connectivity index (χ1v) is 6.21. The topological polar surface area (TPSA) is 42.1 Å². The van der Waals surface area contributed by atoms with Gasteiger partial charge in [0.2, 0.25) is 0 Å². The molecule has 3 nitrogen and oxygen atoms in total.